The summed E-state index contributed by atoms with van der Waals surface area (Å²) in [5.74, 6) is 0.675. The van der Waals surface area contributed by atoms with E-state index in [1.165, 1.54) is 0 Å². The van der Waals surface area contributed by atoms with E-state index in [2.05, 4.69) is 37.2 Å². The van der Waals surface area contributed by atoms with Crippen LogP contribution in [0, 0.1) is 6.92 Å². The summed E-state index contributed by atoms with van der Waals surface area (Å²) in [5.41, 5.74) is 2.50. The number of fused-ring (bicyclic) bond motifs is 1. The van der Waals surface area contributed by atoms with E-state index < -0.39 is 0 Å². The first-order valence-corrected chi connectivity index (χ1v) is 10.5. The van der Waals surface area contributed by atoms with Gasteiger partial charge in [-0.1, -0.05) is 25.1 Å². The third-order valence-electron chi connectivity index (χ3n) is 5.94. The molecule has 160 valence electrons. The molecule has 0 saturated carbocycles. The van der Waals surface area contributed by atoms with Crippen molar-refractivity contribution in [2.75, 3.05) is 46.4 Å². The van der Waals surface area contributed by atoms with Crippen molar-refractivity contribution in [2.24, 2.45) is 0 Å². The number of aromatic nitrogens is 5. The van der Waals surface area contributed by atoms with Crippen LogP contribution in [0.25, 0.3) is 10.9 Å². The Balaban J connectivity index is 1.80. The number of nitrogens with one attached hydrogen (secondary N) is 1. The minimum atomic E-state index is -0.315. The number of hydrogen-bond acceptors (Lipinski definition) is 7. The number of rotatable bonds is 7. The van der Waals surface area contributed by atoms with Gasteiger partial charge in [0.2, 0.25) is 0 Å². The highest BCUT2D eigenvalue weighted by Gasteiger charge is 2.32. The van der Waals surface area contributed by atoms with Gasteiger partial charge in [-0.05, 0) is 40.9 Å². The van der Waals surface area contributed by atoms with Crippen molar-refractivity contribution in [3.63, 3.8) is 0 Å². The molecular weight excluding hydrogens is 382 g/mol. The third kappa shape index (κ3) is 4.00. The van der Waals surface area contributed by atoms with Gasteiger partial charge in [-0.2, -0.15) is 0 Å². The number of hydrogen-bond donors (Lipinski definition) is 1. The number of piperazine rings is 1. The Kier molecular flexibility index (Phi) is 6.21. The molecule has 2 aromatic heterocycles. The molecule has 0 spiro atoms. The fourth-order valence-electron chi connectivity index (χ4n) is 4.18. The molecule has 3 heterocycles. The van der Waals surface area contributed by atoms with Crippen LogP contribution in [0.2, 0.25) is 0 Å². The largest absolute Gasteiger partial charge is 0.383 e. The zero-order valence-corrected chi connectivity index (χ0v) is 17.8. The number of para-hydroxylation sites is 1. The number of tetrazole rings is 1. The molecule has 1 aliphatic heterocycles. The Labute approximate surface area is 175 Å². The van der Waals surface area contributed by atoms with Gasteiger partial charge in [0.25, 0.3) is 5.56 Å². The predicted molar refractivity (Wildman–Crippen MR) is 115 cm³/mol. The van der Waals surface area contributed by atoms with Crippen molar-refractivity contribution >= 4 is 10.9 Å². The fraction of sp³-hybridized carbons (Fsp3) is 0.524. The maximum absolute atomic E-state index is 13.2. The van der Waals surface area contributed by atoms with Gasteiger partial charge in [-0.3, -0.25) is 9.69 Å². The number of aryl methyl sites for hydroxylation is 1. The van der Waals surface area contributed by atoms with Crippen LogP contribution >= 0.6 is 0 Å². The lowest BCUT2D eigenvalue weighted by Gasteiger charge is -2.38. The van der Waals surface area contributed by atoms with Gasteiger partial charge in [-0.25, -0.2) is 4.68 Å². The SMILES string of the molecule is CCN1CCN([C@@H](c2cc3cccc(C)c3[nH]c2=O)c2nnnn2CCOC)CC1. The number of methoxy groups -OCH3 is 1. The second-order valence-electron chi connectivity index (χ2n) is 7.72. The molecule has 30 heavy (non-hydrogen) atoms. The molecule has 1 fully saturated rings. The quantitative estimate of drug-likeness (QED) is 0.624. The van der Waals surface area contributed by atoms with Crippen LogP contribution in [0.1, 0.15) is 29.9 Å². The molecule has 1 atom stereocenters. The molecule has 0 radical (unpaired) electrons. The molecule has 9 heteroatoms. The maximum Gasteiger partial charge on any atom is 0.253 e. The van der Waals surface area contributed by atoms with Crippen molar-refractivity contribution < 1.29 is 4.74 Å². The normalized spacial score (nSPS) is 16.9. The first kappa shape index (κ1) is 20.6. The molecule has 4 rings (SSSR count). The van der Waals surface area contributed by atoms with E-state index in [1.54, 1.807) is 11.8 Å². The lowest BCUT2D eigenvalue weighted by atomic mass is 10.0. The minimum Gasteiger partial charge on any atom is -0.383 e. The van der Waals surface area contributed by atoms with Crippen molar-refractivity contribution in [2.45, 2.75) is 26.4 Å². The van der Waals surface area contributed by atoms with Gasteiger partial charge in [0, 0.05) is 38.9 Å². The van der Waals surface area contributed by atoms with Crippen LogP contribution in [-0.2, 0) is 11.3 Å². The molecule has 3 aromatic rings. The lowest BCUT2D eigenvalue weighted by Crippen LogP contribution is -2.49. The standard InChI is InChI=1S/C21H29N7O2/c1-4-26-8-10-27(11-9-26)19(20-23-24-25-28(20)12-13-30-3)17-14-16-7-5-6-15(2)18(16)22-21(17)29/h5-7,14,19H,4,8-13H2,1-3H3,(H,22,29)/t19-/m0/s1. The van der Waals surface area contributed by atoms with Crippen LogP contribution in [0.15, 0.2) is 29.1 Å². The zero-order chi connectivity index (χ0) is 21.1. The van der Waals surface area contributed by atoms with E-state index in [4.69, 9.17) is 4.74 Å². The first-order valence-electron chi connectivity index (χ1n) is 10.5. The topological polar surface area (TPSA) is 92.2 Å². The average molecular weight is 412 g/mol. The molecule has 0 unspecified atom stereocenters. The summed E-state index contributed by atoms with van der Waals surface area (Å²) < 4.78 is 6.97. The monoisotopic (exact) mass is 411 g/mol. The molecular formula is C21H29N7O2. The zero-order valence-electron chi connectivity index (χ0n) is 17.8. The van der Waals surface area contributed by atoms with E-state index in [0.717, 1.165) is 49.2 Å². The Morgan fingerprint density at radius 1 is 1.23 bits per heavy atom. The van der Waals surface area contributed by atoms with Crippen LogP contribution in [0.3, 0.4) is 0 Å². The Hall–Kier alpha value is -2.62. The van der Waals surface area contributed by atoms with Crippen molar-refractivity contribution in [1.29, 1.82) is 0 Å². The van der Waals surface area contributed by atoms with E-state index in [9.17, 15) is 4.79 Å². The summed E-state index contributed by atoms with van der Waals surface area (Å²) in [5, 5.41) is 13.4. The van der Waals surface area contributed by atoms with Crippen LogP contribution in [0.4, 0.5) is 0 Å². The molecule has 1 N–H and O–H groups in total. The number of pyridine rings is 1. The lowest BCUT2D eigenvalue weighted by molar-refractivity contribution is 0.106. The number of benzene rings is 1. The third-order valence-corrected chi connectivity index (χ3v) is 5.94. The summed E-state index contributed by atoms with van der Waals surface area (Å²) in [4.78, 5) is 21.0. The van der Waals surface area contributed by atoms with Crippen molar-refractivity contribution in [3.8, 4) is 0 Å². The van der Waals surface area contributed by atoms with Gasteiger partial charge < -0.3 is 14.6 Å². The van der Waals surface area contributed by atoms with Gasteiger partial charge in [0.05, 0.1) is 18.7 Å². The first-order chi connectivity index (χ1) is 14.6. The number of H-pyrrole nitrogens is 1. The fourth-order valence-corrected chi connectivity index (χ4v) is 4.18. The molecule has 0 amide bonds. The van der Waals surface area contributed by atoms with Gasteiger partial charge in [0.15, 0.2) is 5.82 Å². The summed E-state index contributed by atoms with van der Waals surface area (Å²) in [7, 11) is 1.65. The maximum atomic E-state index is 13.2. The Morgan fingerprint density at radius 3 is 2.77 bits per heavy atom. The predicted octanol–water partition coefficient (Wildman–Crippen LogP) is 1.20. The Morgan fingerprint density at radius 2 is 2.03 bits per heavy atom. The van der Waals surface area contributed by atoms with Crippen molar-refractivity contribution in [3.05, 3.63) is 51.6 Å². The van der Waals surface area contributed by atoms with Gasteiger partial charge >= 0.3 is 0 Å². The van der Waals surface area contributed by atoms with Crippen LogP contribution in [-0.4, -0.2) is 81.4 Å². The number of likely N-dealkylation sites (N-methyl/N-ethyl adjacent to an activating group) is 1. The van der Waals surface area contributed by atoms with E-state index in [-0.39, 0.29) is 11.6 Å². The van der Waals surface area contributed by atoms with Gasteiger partial charge in [0.1, 0.15) is 6.04 Å². The van der Waals surface area contributed by atoms with Crippen LogP contribution in [0.5, 0.6) is 0 Å². The molecule has 0 aliphatic carbocycles. The molecule has 9 nitrogen and oxygen atoms in total. The summed E-state index contributed by atoms with van der Waals surface area (Å²) in [6.45, 7) is 9.85. The molecule has 0 bridgehead atoms. The van der Waals surface area contributed by atoms with E-state index in [1.807, 2.05) is 31.2 Å². The Bertz CT molecular complexity index is 1050. The van der Waals surface area contributed by atoms with Gasteiger partial charge in [-0.15, -0.1) is 5.10 Å². The highest BCUT2D eigenvalue weighted by atomic mass is 16.5. The molecule has 1 aromatic carbocycles. The minimum absolute atomic E-state index is 0.0963. The highest BCUT2D eigenvalue weighted by Crippen LogP contribution is 2.28. The number of nitrogens with zero attached hydrogens (tertiary/aromatic N) is 6. The van der Waals surface area contributed by atoms with Crippen LogP contribution < -0.4 is 5.56 Å². The van der Waals surface area contributed by atoms with E-state index in [0.29, 0.717) is 24.5 Å². The number of aromatic amines is 1. The molecule has 1 saturated heterocycles. The average Bonchev–Trinajstić information content (AvgIpc) is 3.22. The van der Waals surface area contributed by atoms with E-state index >= 15 is 0 Å². The van der Waals surface area contributed by atoms with Crippen molar-refractivity contribution in [1.82, 2.24) is 35.0 Å². The molecule has 1 aliphatic rings. The smallest absolute Gasteiger partial charge is 0.253 e. The second-order valence-corrected chi connectivity index (χ2v) is 7.72. The second kappa shape index (κ2) is 9.03. The summed E-state index contributed by atoms with van der Waals surface area (Å²) >= 11 is 0. The summed E-state index contributed by atoms with van der Waals surface area (Å²) in [6.07, 6.45) is 0. The summed E-state index contributed by atoms with van der Waals surface area (Å²) in [6, 6.07) is 7.72. The number of ether oxygens (including phenoxy) is 1. The highest BCUT2D eigenvalue weighted by molar-refractivity contribution is 5.82.